The summed E-state index contributed by atoms with van der Waals surface area (Å²) in [6.07, 6.45) is 3.69. The Morgan fingerprint density at radius 1 is 1.36 bits per heavy atom. The molecule has 7 heteroatoms. The molecule has 0 saturated carbocycles. The minimum Gasteiger partial charge on any atom is -0.505 e. The topological polar surface area (TPSA) is 77.1 Å². The third-order valence-electron chi connectivity index (χ3n) is 5.67. The lowest BCUT2D eigenvalue weighted by Crippen LogP contribution is -2.29. The first-order valence-electron chi connectivity index (χ1n) is 9.77. The number of nitrogens with zero attached hydrogens (tertiary/aromatic N) is 3. The molecule has 3 heterocycles. The fourth-order valence-electron chi connectivity index (χ4n) is 4.05. The van der Waals surface area contributed by atoms with Gasteiger partial charge in [0.15, 0.2) is 17.2 Å². The fraction of sp³-hybridized carbons (Fsp3) is 0.429. The number of hydrogen-bond donors (Lipinski definition) is 3. The number of nitrogens with one attached hydrogen (secondary N) is 2. The third kappa shape index (κ3) is 3.72. The van der Waals surface area contributed by atoms with E-state index in [1.807, 2.05) is 13.0 Å². The van der Waals surface area contributed by atoms with Crippen LogP contribution in [0.3, 0.4) is 0 Å². The average molecular weight is 383 g/mol. The molecule has 0 spiro atoms. The Morgan fingerprint density at radius 2 is 2.21 bits per heavy atom. The van der Waals surface area contributed by atoms with Crippen molar-refractivity contribution in [1.29, 1.82) is 0 Å². The Morgan fingerprint density at radius 3 is 2.96 bits per heavy atom. The number of aryl methyl sites for hydroxylation is 1. The fourth-order valence-corrected chi connectivity index (χ4v) is 4.05. The van der Waals surface area contributed by atoms with Crippen LogP contribution in [0.1, 0.15) is 30.5 Å². The van der Waals surface area contributed by atoms with Crippen molar-refractivity contribution < 1.29 is 9.50 Å². The molecule has 2 aromatic heterocycles. The Kier molecular flexibility index (Phi) is 5.28. The van der Waals surface area contributed by atoms with Crippen LogP contribution in [0, 0.1) is 12.7 Å². The van der Waals surface area contributed by atoms with E-state index >= 15 is 0 Å². The number of fused-ring (bicyclic) bond motifs is 1. The van der Waals surface area contributed by atoms with Gasteiger partial charge in [-0.1, -0.05) is 0 Å². The van der Waals surface area contributed by atoms with E-state index in [0.29, 0.717) is 29.5 Å². The van der Waals surface area contributed by atoms with Crippen LogP contribution >= 0.6 is 0 Å². The number of hydrogen-bond acceptors (Lipinski definition) is 5. The van der Waals surface area contributed by atoms with E-state index in [9.17, 15) is 9.50 Å². The zero-order chi connectivity index (χ0) is 19.7. The largest absolute Gasteiger partial charge is 0.505 e. The molecule has 1 aromatic carbocycles. The highest BCUT2D eigenvalue weighted by Crippen LogP contribution is 2.28. The first kappa shape index (κ1) is 18.8. The van der Waals surface area contributed by atoms with Crippen LogP contribution in [-0.4, -0.2) is 51.4 Å². The second-order valence-electron chi connectivity index (χ2n) is 7.62. The van der Waals surface area contributed by atoms with Crippen LogP contribution in [0.4, 0.5) is 4.39 Å². The maximum atomic E-state index is 13.8. The predicted octanol–water partition coefficient (Wildman–Crippen LogP) is 3.35. The number of rotatable bonds is 6. The molecule has 6 nitrogen and oxygen atoms in total. The monoisotopic (exact) mass is 383 g/mol. The van der Waals surface area contributed by atoms with Crippen molar-refractivity contribution in [3.63, 3.8) is 0 Å². The second-order valence-corrected chi connectivity index (χ2v) is 7.62. The number of H-pyrrole nitrogens is 1. The lowest BCUT2D eigenvalue weighted by Gasteiger charge is -2.19. The molecule has 0 bridgehead atoms. The minimum absolute atomic E-state index is 0.362. The summed E-state index contributed by atoms with van der Waals surface area (Å²) in [7, 11) is 2.20. The Labute approximate surface area is 163 Å². The lowest BCUT2D eigenvalue weighted by molar-refractivity contribution is 0.293. The van der Waals surface area contributed by atoms with Crippen molar-refractivity contribution >= 4 is 11.0 Å². The molecule has 0 aliphatic carbocycles. The summed E-state index contributed by atoms with van der Waals surface area (Å²) < 4.78 is 13.8. The first-order chi connectivity index (χ1) is 13.5. The van der Waals surface area contributed by atoms with Crippen LogP contribution in [0.2, 0.25) is 0 Å². The molecule has 4 rings (SSSR count). The lowest BCUT2D eigenvalue weighted by atomic mass is 10.0. The Balaban J connectivity index is 1.55. The van der Waals surface area contributed by atoms with Gasteiger partial charge in [0.05, 0.1) is 5.69 Å². The molecule has 1 atom stereocenters. The van der Waals surface area contributed by atoms with Gasteiger partial charge in [0, 0.05) is 29.2 Å². The quantitative estimate of drug-likeness (QED) is 0.569. The number of aromatic nitrogens is 3. The molecule has 1 aliphatic rings. The predicted molar refractivity (Wildman–Crippen MR) is 108 cm³/mol. The zero-order valence-electron chi connectivity index (χ0n) is 16.3. The number of halogens is 1. The maximum absolute atomic E-state index is 13.8. The van der Waals surface area contributed by atoms with Gasteiger partial charge in [-0.25, -0.2) is 9.37 Å². The third-order valence-corrected chi connectivity index (χ3v) is 5.67. The van der Waals surface area contributed by atoms with E-state index in [1.165, 1.54) is 31.5 Å². The SMILES string of the molecule is Cc1[nH]nc2nc(-c3ccc(O)c(F)c3)cc(CNCCC3CCCN3C)c12. The summed E-state index contributed by atoms with van der Waals surface area (Å²) in [5, 5.41) is 21.3. The van der Waals surface area contributed by atoms with Crippen molar-refractivity contribution in [3.05, 3.63) is 41.3 Å². The molecule has 1 fully saturated rings. The number of aromatic amines is 1. The molecule has 1 saturated heterocycles. The van der Waals surface area contributed by atoms with Crippen LogP contribution in [0.25, 0.3) is 22.3 Å². The Hall–Kier alpha value is -2.51. The van der Waals surface area contributed by atoms with E-state index < -0.39 is 5.82 Å². The van der Waals surface area contributed by atoms with E-state index in [2.05, 4.69) is 32.4 Å². The minimum atomic E-state index is -0.655. The number of likely N-dealkylation sites (tertiary alicyclic amines) is 1. The molecular weight excluding hydrogens is 357 g/mol. The maximum Gasteiger partial charge on any atom is 0.182 e. The van der Waals surface area contributed by atoms with Crippen LogP contribution in [0.15, 0.2) is 24.3 Å². The highest BCUT2D eigenvalue weighted by Gasteiger charge is 2.20. The van der Waals surface area contributed by atoms with Crippen molar-refractivity contribution in [1.82, 2.24) is 25.4 Å². The molecule has 0 amide bonds. The highest BCUT2D eigenvalue weighted by atomic mass is 19.1. The van der Waals surface area contributed by atoms with Gasteiger partial charge in [0.2, 0.25) is 0 Å². The van der Waals surface area contributed by atoms with E-state index in [4.69, 9.17) is 0 Å². The Bertz CT molecular complexity index is 986. The molecule has 28 heavy (non-hydrogen) atoms. The molecule has 1 aliphatic heterocycles. The van der Waals surface area contributed by atoms with Gasteiger partial charge in [-0.2, -0.15) is 5.10 Å². The van der Waals surface area contributed by atoms with Crippen molar-refractivity contribution in [2.75, 3.05) is 20.1 Å². The normalized spacial score (nSPS) is 17.6. The van der Waals surface area contributed by atoms with Gasteiger partial charge in [-0.05, 0) is 76.2 Å². The molecular formula is C21H26FN5O. The second kappa shape index (κ2) is 7.85. The summed E-state index contributed by atoms with van der Waals surface area (Å²) in [6.45, 7) is 4.81. The first-order valence-corrected chi connectivity index (χ1v) is 9.77. The van der Waals surface area contributed by atoms with E-state index in [1.54, 1.807) is 6.07 Å². The molecule has 1 unspecified atom stereocenters. The van der Waals surface area contributed by atoms with Crippen LogP contribution in [0.5, 0.6) is 5.75 Å². The molecule has 3 aromatic rings. The summed E-state index contributed by atoms with van der Waals surface area (Å²) in [4.78, 5) is 7.01. The summed E-state index contributed by atoms with van der Waals surface area (Å²) >= 11 is 0. The zero-order valence-corrected chi connectivity index (χ0v) is 16.3. The number of pyridine rings is 1. The van der Waals surface area contributed by atoms with Crippen LogP contribution in [-0.2, 0) is 6.54 Å². The highest BCUT2D eigenvalue weighted by molar-refractivity contribution is 5.84. The standard InChI is InChI=1S/C21H26FN5O/c1-13-20-15(12-23-8-7-16-4-3-9-27(16)2)11-18(24-21(20)26-25-13)14-5-6-19(28)17(22)10-14/h5-6,10-11,16,23,28H,3-4,7-9,12H2,1-2H3,(H,24,25,26). The van der Waals surface area contributed by atoms with Gasteiger partial charge < -0.3 is 15.3 Å². The summed E-state index contributed by atoms with van der Waals surface area (Å²) in [5.74, 6) is -1.02. The van der Waals surface area contributed by atoms with E-state index in [-0.39, 0.29) is 5.75 Å². The smallest absolute Gasteiger partial charge is 0.182 e. The average Bonchev–Trinajstić information content (AvgIpc) is 3.26. The van der Waals surface area contributed by atoms with Gasteiger partial charge >= 0.3 is 0 Å². The van der Waals surface area contributed by atoms with Gasteiger partial charge in [-0.15, -0.1) is 0 Å². The van der Waals surface area contributed by atoms with Crippen molar-refractivity contribution in [2.45, 2.75) is 38.8 Å². The van der Waals surface area contributed by atoms with Gasteiger partial charge in [-0.3, -0.25) is 5.10 Å². The number of phenols is 1. The summed E-state index contributed by atoms with van der Waals surface area (Å²) in [5.41, 5.74) is 3.94. The number of phenolic OH excluding ortho intramolecular Hbond substituents is 1. The number of aromatic hydroxyl groups is 1. The van der Waals surface area contributed by atoms with Crippen molar-refractivity contribution in [3.8, 4) is 17.0 Å². The van der Waals surface area contributed by atoms with Crippen LogP contribution < -0.4 is 5.32 Å². The summed E-state index contributed by atoms with van der Waals surface area (Å²) in [6, 6.07) is 6.96. The molecule has 148 valence electrons. The van der Waals surface area contributed by atoms with Gasteiger partial charge in [0.1, 0.15) is 0 Å². The van der Waals surface area contributed by atoms with Gasteiger partial charge in [0.25, 0.3) is 0 Å². The molecule has 0 radical (unpaired) electrons. The van der Waals surface area contributed by atoms with E-state index in [0.717, 1.165) is 29.6 Å². The number of benzene rings is 1. The van der Waals surface area contributed by atoms with Crippen molar-refractivity contribution in [2.24, 2.45) is 0 Å². The molecule has 3 N–H and O–H groups in total.